The van der Waals surface area contributed by atoms with E-state index in [1.807, 2.05) is 37.4 Å². The second-order valence-electron chi connectivity index (χ2n) is 8.45. The molecule has 1 aliphatic heterocycles. The number of carbonyl (C=O) groups is 1. The van der Waals surface area contributed by atoms with Gasteiger partial charge in [0.15, 0.2) is 0 Å². The monoisotopic (exact) mass is 462 g/mol. The van der Waals surface area contributed by atoms with Crippen LogP contribution in [0.15, 0.2) is 55.0 Å². The molecule has 0 saturated carbocycles. The lowest BCUT2D eigenvalue weighted by molar-refractivity contribution is -0.136. The summed E-state index contributed by atoms with van der Waals surface area (Å²) in [6.07, 6.45) is 16.4. The molecular weight excluding hydrogens is 424 g/mol. The number of aromatic nitrogens is 1. The van der Waals surface area contributed by atoms with Crippen molar-refractivity contribution in [2.45, 2.75) is 60.0 Å². The van der Waals surface area contributed by atoms with E-state index in [-0.39, 0.29) is 12.6 Å². The average molecular weight is 463 g/mol. The summed E-state index contributed by atoms with van der Waals surface area (Å²) in [6, 6.07) is 5.81. The first-order chi connectivity index (χ1) is 16.3. The summed E-state index contributed by atoms with van der Waals surface area (Å²) in [5.74, 6) is -0.469. The minimum Gasteiger partial charge on any atom is -0.481 e. The van der Waals surface area contributed by atoms with Crippen molar-refractivity contribution in [1.29, 1.82) is 5.26 Å². The maximum Gasteiger partial charge on any atom is 0.307 e. The number of hydrogen-bond donors (Lipinski definition) is 1. The number of aliphatic carboxylic acids is 1. The number of nitriles is 1. The molecule has 0 spiro atoms. The van der Waals surface area contributed by atoms with E-state index >= 15 is 0 Å². The number of hydrogen-bond acceptors (Lipinski definition) is 4. The Morgan fingerprint density at radius 3 is 2.65 bits per heavy atom. The van der Waals surface area contributed by atoms with Crippen molar-refractivity contribution < 1.29 is 9.90 Å². The molecule has 34 heavy (non-hydrogen) atoms. The molecule has 3 heterocycles. The van der Waals surface area contributed by atoms with E-state index in [1.54, 1.807) is 6.07 Å². The van der Waals surface area contributed by atoms with Crippen LogP contribution in [0.3, 0.4) is 0 Å². The smallest absolute Gasteiger partial charge is 0.307 e. The lowest BCUT2D eigenvalue weighted by atomic mass is 10.0. The molecule has 2 aromatic rings. The van der Waals surface area contributed by atoms with Gasteiger partial charge in [-0.15, -0.1) is 0 Å². The highest BCUT2D eigenvalue weighted by Gasteiger charge is 2.28. The molecule has 0 bridgehead atoms. The molecule has 1 N–H and O–H groups in total. The predicted octanol–water partition coefficient (Wildman–Crippen LogP) is 5.52. The molecule has 0 aromatic carbocycles. The van der Waals surface area contributed by atoms with Crippen LogP contribution in [-0.4, -0.2) is 45.0 Å². The molecule has 182 valence electrons. The summed E-state index contributed by atoms with van der Waals surface area (Å²) in [7, 11) is 2.07. The molecule has 1 aliphatic rings. The zero-order valence-corrected chi connectivity index (χ0v) is 21.3. The highest BCUT2D eigenvalue weighted by atomic mass is 16.4. The number of pyridine rings is 1. The minimum absolute atomic E-state index is 0.0309. The van der Waals surface area contributed by atoms with E-state index in [1.165, 1.54) is 0 Å². The predicted molar refractivity (Wildman–Crippen MR) is 138 cm³/mol. The molecule has 0 aliphatic carbocycles. The fourth-order valence-corrected chi connectivity index (χ4v) is 4.31. The molecule has 0 amide bonds. The standard InChI is InChI=1S/C26H32N4O2.C2H6/c1-5-6-7-8-9-19(2)17-29-13-12-28(4)25(29)15-24-20(3)22(14-26(31)32)23-11-10-21(16-27)18-30(23)24;1-2/h6-13,18-19,25H,5,14-15,17H2,1-4H3,(H,31,32);1-2H3/b7-6-,9-8-;. The van der Waals surface area contributed by atoms with E-state index in [4.69, 9.17) is 0 Å². The molecule has 2 aromatic heterocycles. The van der Waals surface area contributed by atoms with Gasteiger partial charge in [-0.3, -0.25) is 4.79 Å². The van der Waals surface area contributed by atoms with Crippen molar-refractivity contribution in [3.05, 3.63) is 77.4 Å². The topological polar surface area (TPSA) is 72.0 Å². The quantitative estimate of drug-likeness (QED) is 0.497. The van der Waals surface area contributed by atoms with E-state index in [2.05, 4.69) is 73.5 Å². The maximum atomic E-state index is 11.5. The molecule has 6 heteroatoms. The molecule has 2 atom stereocenters. The van der Waals surface area contributed by atoms with Crippen molar-refractivity contribution in [2.75, 3.05) is 13.6 Å². The Bertz CT molecular complexity index is 1100. The van der Waals surface area contributed by atoms with Crippen LogP contribution in [0.25, 0.3) is 5.52 Å². The third kappa shape index (κ3) is 6.32. The summed E-state index contributed by atoms with van der Waals surface area (Å²) in [5.41, 5.74) is 4.27. The lowest BCUT2D eigenvalue weighted by Gasteiger charge is -2.32. The summed E-state index contributed by atoms with van der Waals surface area (Å²) < 4.78 is 2.01. The van der Waals surface area contributed by atoms with Gasteiger partial charge >= 0.3 is 5.97 Å². The first-order valence-corrected chi connectivity index (χ1v) is 12.1. The van der Waals surface area contributed by atoms with E-state index in [0.717, 1.165) is 41.7 Å². The third-order valence-electron chi connectivity index (χ3n) is 6.03. The Balaban J connectivity index is 0.00000199. The van der Waals surface area contributed by atoms with E-state index in [9.17, 15) is 15.2 Å². The highest BCUT2D eigenvalue weighted by molar-refractivity contribution is 5.76. The Kier molecular flexibility index (Phi) is 10.0. The third-order valence-corrected chi connectivity index (χ3v) is 6.03. The van der Waals surface area contributed by atoms with Gasteiger partial charge in [-0.2, -0.15) is 5.26 Å². The number of carboxylic acid groups (broad SMARTS) is 1. The fraction of sp³-hybridized carbons (Fsp3) is 0.429. The molecular formula is C28H38N4O2. The van der Waals surface area contributed by atoms with Gasteiger partial charge in [0.2, 0.25) is 0 Å². The van der Waals surface area contributed by atoms with Crippen molar-refractivity contribution in [3.8, 4) is 6.07 Å². The number of likely N-dealkylation sites (N-methyl/N-ethyl adjacent to an activating group) is 1. The van der Waals surface area contributed by atoms with Gasteiger partial charge in [-0.25, -0.2) is 0 Å². The Morgan fingerprint density at radius 2 is 2.00 bits per heavy atom. The van der Waals surface area contributed by atoms with Crippen LogP contribution in [-0.2, 0) is 17.6 Å². The second kappa shape index (κ2) is 12.7. The van der Waals surface area contributed by atoms with Gasteiger partial charge in [-0.1, -0.05) is 52.0 Å². The van der Waals surface area contributed by atoms with Gasteiger partial charge in [0.25, 0.3) is 0 Å². The molecule has 2 unspecified atom stereocenters. The molecule has 0 fully saturated rings. The number of fused-ring (bicyclic) bond motifs is 1. The van der Waals surface area contributed by atoms with Crippen molar-refractivity contribution in [2.24, 2.45) is 5.92 Å². The Morgan fingerprint density at radius 1 is 1.26 bits per heavy atom. The normalized spacial score (nSPS) is 16.3. The number of rotatable bonds is 9. The number of allylic oxidation sites excluding steroid dienone is 3. The molecule has 3 rings (SSSR count). The highest BCUT2D eigenvalue weighted by Crippen LogP contribution is 2.28. The van der Waals surface area contributed by atoms with Gasteiger partial charge in [0.1, 0.15) is 12.2 Å². The van der Waals surface area contributed by atoms with Crippen molar-refractivity contribution in [1.82, 2.24) is 14.2 Å². The number of carboxylic acids is 1. The molecule has 0 saturated heterocycles. The van der Waals surface area contributed by atoms with E-state index < -0.39 is 5.97 Å². The lowest BCUT2D eigenvalue weighted by Crippen LogP contribution is -2.40. The van der Waals surface area contributed by atoms with Gasteiger partial charge in [0, 0.05) is 49.8 Å². The zero-order chi connectivity index (χ0) is 25.3. The van der Waals surface area contributed by atoms with Gasteiger partial charge in [0.05, 0.1) is 12.0 Å². The summed E-state index contributed by atoms with van der Waals surface area (Å²) in [4.78, 5) is 16.0. The first-order valence-electron chi connectivity index (χ1n) is 12.1. The zero-order valence-electron chi connectivity index (χ0n) is 21.3. The maximum absolute atomic E-state index is 11.5. The second-order valence-corrected chi connectivity index (χ2v) is 8.45. The van der Waals surface area contributed by atoms with Crippen LogP contribution >= 0.6 is 0 Å². The van der Waals surface area contributed by atoms with E-state index in [0.29, 0.717) is 11.5 Å². The van der Waals surface area contributed by atoms with Crippen molar-refractivity contribution >= 4 is 11.5 Å². The first kappa shape index (κ1) is 26.8. The van der Waals surface area contributed by atoms with Crippen LogP contribution in [0.1, 0.15) is 56.5 Å². The largest absolute Gasteiger partial charge is 0.481 e. The molecule has 6 nitrogen and oxygen atoms in total. The Hall–Kier alpha value is -3.46. The SMILES string of the molecule is CC.CC/C=C\C=C/C(C)CN1C=CN(C)C1Cc1c(C)c(CC(=O)O)c2ccc(C#N)cn12. The van der Waals surface area contributed by atoms with Crippen LogP contribution in [0.4, 0.5) is 0 Å². The van der Waals surface area contributed by atoms with Crippen LogP contribution in [0, 0.1) is 24.2 Å². The summed E-state index contributed by atoms with van der Waals surface area (Å²) in [6.45, 7) is 11.2. The summed E-state index contributed by atoms with van der Waals surface area (Å²) in [5, 5.41) is 18.8. The Labute approximate surface area is 204 Å². The van der Waals surface area contributed by atoms with Gasteiger partial charge < -0.3 is 19.3 Å². The average Bonchev–Trinajstić information content (AvgIpc) is 3.29. The minimum atomic E-state index is -0.851. The van der Waals surface area contributed by atoms with Crippen LogP contribution in [0.2, 0.25) is 0 Å². The fourth-order valence-electron chi connectivity index (χ4n) is 4.31. The summed E-state index contributed by atoms with van der Waals surface area (Å²) >= 11 is 0. The van der Waals surface area contributed by atoms with Gasteiger partial charge in [-0.05, 0) is 42.5 Å². The van der Waals surface area contributed by atoms with Crippen molar-refractivity contribution in [3.63, 3.8) is 0 Å². The van der Waals surface area contributed by atoms with Crippen LogP contribution in [0.5, 0.6) is 0 Å². The molecule has 0 radical (unpaired) electrons. The number of nitrogens with zero attached hydrogens (tertiary/aromatic N) is 4. The van der Waals surface area contributed by atoms with Crippen LogP contribution < -0.4 is 0 Å².